The minimum absolute atomic E-state index is 0.00935. The molecule has 0 unspecified atom stereocenters. The third kappa shape index (κ3) is 2.66. The molecular formula is C9H9FN2O4. The molecule has 0 atom stereocenters. The Bertz CT molecular complexity index is 447. The predicted molar refractivity (Wildman–Crippen MR) is 53.4 cm³/mol. The second-order valence-corrected chi connectivity index (χ2v) is 3.15. The molecule has 0 aliphatic heterocycles. The van der Waals surface area contributed by atoms with E-state index in [-0.39, 0.29) is 24.1 Å². The van der Waals surface area contributed by atoms with E-state index < -0.39 is 22.4 Å². The van der Waals surface area contributed by atoms with Gasteiger partial charge >= 0.3 is 5.97 Å². The first kappa shape index (κ1) is 11.9. The molecule has 0 saturated heterocycles. The second-order valence-electron chi connectivity index (χ2n) is 3.15. The number of carboxylic acid groups (broad SMARTS) is 1. The summed E-state index contributed by atoms with van der Waals surface area (Å²) in [4.78, 5) is 20.2. The Labute approximate surface area is 89.6 Å². The van der Waals surface area contributed by atoms with Crippen LogP contribution in [0.3, 0.4) is 0 Å². The summed E-state index contributed by atoms with van der Waals surface area (Å²) < 4.78 is 12.9. The number of benzene rings is 1. The number of rotatable bonds is 4. The fraction of sp³-hybridized carbons (Fsp3) is 0.222. The van der Waals surface area contributed by atoms with Gasteiger partial charge < -0.3 is 10.8 Å². The van der Waals surface area contributed by atoms with Crippen molar-refractivity contribution >= 4 is 17.3 Å². The smallest absolute Gasteiger partial charge is 0.303 e. The molecule has 1 rings (SSSR count). The first-order valence-electron chi connectivity index (χ1n) is 4.36. The summed E-state index contributed by atoms with van der Waals surface area (Å²) in [6.07, 6.45) is -0.447. The first-order chi connectivity index (χ1) is 7.41. The molecule has 7 heteroatoms. The molecule has 6 nitrogen and oxygen atoms in total. The highest BCUT2D eigenvalue weighted by Crippen LogP contribution is 2.28. The van der Waals surface area contributed by atoms with Crippen LogP contribution in [0, 0.1) is 15.9 Å². The summed E-state index contributed by atoms with van der Waals surface area (Å²) in [6.45, 7) is 0. The maximum atomic E-state index is 12.9. The highest BCUT2D eigenvalue weighted by Gasteiger charge is 2.20. The van der Waals surface area contributed by atoms with Crippen molar-refractivity contribution in [3.05, 3.63) is 33.6 Å². The predicted octanol–water partition coefficient (Wildman–Crippen LogP) is 1.33. The molecule has 0 saturated carbocycles. The molecule has 0 amide bonds. The lowest BCUT2D eigenvalue weighted by Crippen LogP contribution is -2.04. The standard InChI is InChI=1S/C9H9FN2O4/c10-6-3-5(1-2-8(13)14)9(12(15)16)7(11)4-6/h3-4H,1-2,11H2,(H,13,14). The van der Waals surface area contributed by atoms with E-state index in [4.69, 9.17) is 10.8 Å². The van der Waals surface area contributed by atoms with Crippen molar-refractivity contribution < 1.29 is 19.2 Å². The third-order valence-corrected chi connectivity index (χ3v) is 1.97. The summed E-state index contributed by atoms with van der Waals surface area (Å²) in [5, 5.41) is 19.1. The maximum absolute atomic E-state index is 12.9. The third-order valence-electron chi connectivity index (χ3n) is 1.97. The topological polar surface area (TPSA) is 106 Å². The normalized spacial score (nSPS) is 10.1. The Balaban J connectivity index is 3.13. The number of carbonyl (C=O) groups is 1. The summed E-state index contributed by atoms with van der Waals surface area (Å²) >= 11 is 0. The highest BCUT2D eigenvalue weighted by molar-refractivity contribution is 5.69. The van der Waals surface area contributed by atoms with Gasteiger partial charge in [0.15, 0.2) is 0 Å². The number of halogens is 1. The molecule has 16 heavy (non-hydrogen) atoms. The number of aliphatic carboxylic acids is 1. The van der Waals surface area contributed by atoms with Crippen LogP contribution in [0.1, 0.15) is 12.0 Å². The lowest BCUT2D eigenvalue weighted by molar-refractivity contribution is -0.384. The fourth-order valence-corrected chi connectivity index (χ4v) is 1.33. The number of nitrogens with two attached hydrogens (primary N) is 1. The van der Waals surface area contributed by atoms with Gasteiger partial charge in [-0.25, -0.2) is 4.39 Å². The Morgan fingerprint density at radius 1 is 1.56 bits per heavy atom. The summed E-state index contributed by atoms with van der Waals surface area (Å²) in [5.74, 6) is -1.83. The number of carboxylic acids is 1. The molecule has 0 bridgehead atoms. The number of aryl methyl sites for hydroxylation is 1. The number of nitro groups is 1. The molecule has 0 fully saturated rings. The van der Waals surface area contributed by atoms with Crippen molar-refractivity contribution in [2.75, 3.05) is 5.73 Å². The Morgan fingerprint density at radius 2 is 2.19 bits per heavy atom. The van der Waals surface area contributed by atoms with Crippen LogP contribution in [-0.4, -0.2) is 16.0 Å². The lowest BCUT2D eigenvalue weighted by Gasteiger charge is -2.04. The first-order valence-corrected chi connectivity index (χ1v) is 4.36. The summed E-state index contributed by atoms with van der Waals surface area (Å²) in [5.41, 5.74) is 4.56. The van der Waals surface area contributed by atoms with Crippen LogP contribution in [0.5, 0.6) is 0 Å². The van der Waals surface area contributed by atoms with E-state index in [9.17, 15) is 19.3 Å². The maximum Gasteiger partial charge on any atom is 0.303 e. The van der Waals surface area contributed by atoms with E-state index >= 15 is 0 Å². The Kier molecular flexibility index (Phi) is 3.39. The van der Waals surface area contributed by atoms with Gasteiger partial charge in [-0.15, -0.1) is 0 Å². The van der Waals surface area contributed by atoms with Gasteiger partial charge in [-0.2, -0.15) is 0 Å². The van der Waals surface area contributed by atoms with Gasteiger partial charge in [-0.1, -0.05) is 0 Å². The van der Waals surface area contributed by atoms with Crippen molar-refractivity contribution in [1.82, 2.24) is 0 Å². The number of hydrogen-bond donors (Lipinski definition) is 2. The zero-order valence-corrected chi connectivity index (χ0v) is 8.14. The summed E-state index contributed by atoms with van der Waals surface area (Å²) in [7, 11) is 0. The van der Waals surface area contributed by atoms with Gasteiger partial charge in [0.1, 0.15) is 11.5 Å². The van der Waals surface area contributed by atoms with E-state index in [2.05, 4.69) is 0 Å². The molecule has 86 valence electrons. The van der Waals surface area contributed by atoms with Gasteiger partial charge in [0.2, 0.25) is 0 Å². The van der Waals surface area contributed by atoms with Crippen LogP contribution in [0.15, 0.2) is 12.1 Å². The molecule has 0 aliphatic carbocycles. The quantitative estimate of drug-likeness (QED) is 0.459. The number of nitrogens with zero attached hydrogens (tertiary/aromatic N) is 1. The van der Waals surface area contributed by atoms with Crippen molar-refractivity contribution in [1.29, 1.82) is 0 Å². The van der Waals surface area contributed by atoms with E-state index in [0.29, 0.717) is 0 Å². The molecule has 0 radical (unpaired) electrons. The molecule has 0 aromatic heterocycles. The van der Waals surface area contributed by atoms with E-state index in [1.165, 1.54) is 0 Å². The number of nitrogen functional groups attached to an aromatic ring is 1. The molecule has 1 aromatic carbocycles. The molecule has 0 spiro atoms. The highest BCUT2D eigenvalue weighted by atomic mass is 19.1. The average molecular weight is 228 g/mol. The van der Waals surface area contributed by atoms with Gasteiger partial charge in [0.05, 0.1) is 4.92 Å². The van der Waals surface area contributed by atoms with Gasteiger partial charge in [-0.05, 0) is 12.5 Å². The molecule has 3 N–H and O–H groups in total. The number of hydrogen-bond acceptors (Lipinski definition) is 4. The van der Waals surface area contributed by atoms with Crippen molar-refractivity contribution in [2.24, 2.45) is 0 Å². The zero-order chi connectivity index (χ0) is 12.3. The Morgan fingerprint density at radius 3 is 2.69 bits per heavy atom. The average Bonchev–Trinajstić information content (AvgIpc) is 2.12. The van der Waals surface area contributed by atoms with Crippen LogP contribution >= 0.6 is 0 Å². The number of nitro benzene ring substituents is 1. The van der Waals surface area contributed by atoms with Crippen LogP contribution in [0.25, 0.3) is 0 Å². The minimum atomic E-state index is -1.11. The monoisotopic (exact) mass is 228 g/mol. The van der Waals surface area contributed by atoms with Crippen molar-refractivity contribution in [3.8, 4) is 0 Å². The van der Waals surface area contributed by atoms with Gasteiger partial charge in [-0.3, -0.25) is 14.9 Å². The summed E-state index contributed by atoms with van der Waals surface area (Å²) in [6, 6.07) is 1.76. The SMILES string of the molecule is Nc1cc(F)cc(CCC(=O)O)c1[N+](=O)[O-]. The zero-order valence-electron chi connectivity index (χ0n) is 8.14. The van der Waals surface area contributed by atoms with Crippen LogP contribution in [0.2, 0.25) is 0 Å². The van der Waals surface area contributed by atoms with Gasteiger partial charge in [0, 0.05) is 18.1 Å². The van der Waals surface area contributed by atoms with Crippen LogP contribution < -0.4 is 5.73 Å². The van der Waals surface area contributed by atoms with E-state index in [1.807, 2.05) is 0 Å². The molecule has 0 aliphatic rings. The Hall–Kier alpha value is -2.18. The largest absolute Gasteiger partial charge is 0.481 e. The number of anilines is 1. The molecular weight excluding hydrogens is 219 g/mol. The van der Waals surface area contributed by atoms with Crippen LogP contribution in [0.4, 0.5) is 15.8 Å². The van der Waals surface area contributed by atoms with Crippen molar-refractivity contribution in [3.63, 3.8) is 0 Å². The fourth-order valence-electron chi connectivity index (χ4n) is 1.33. The van der Waals surface area contributed by atoms with Crippen LogP contribution in [-0.2, 0) is 11.2 Å². The minimum Gasteiger partial charge on any atom is -0.481 e. The van der Waals surface area contributed by atoms with Gasteiger partial charge in [0.25, 0.3) is 5.69 Å². The van der Waals surface area contributed by atoms with E-state index in [1.54, 1.807) is 0 Å². The van der Waals surface area contributed by atoms with E-state index in [0.717, 1.165) is 12.1 Å². The van der Waals surface area contributed by atoms with Crippen molar-refractivity contribution in [2.45, 2.75) is 12.8 Å². The molecule has 1 aromatic rings. The molecule has 0 heterocycles. The lowest BCUT2D eigenvalue weighted by atomic mass is 10.1. The second kappa shape index (κ2) is 4.56.